The normalized spacial score (nSPS) is 10.6. The fraction of sp³-hybridized carbons (Fsp3) is 0.333. The van der Waals surface area contributed by atoms with Crippen LogP contribution in [-0.4, -0.2) is 26.0 Å². The Balaban J connectivity index is 1.98. The maximum absolute atomic E-state index is 9.18. The zero-order valence-corrected chi connectivity index (χ0v) is 10.1. The molecule has 2 rings (SSSR count). The minimum Gasteiger partial charge on any atom is -0.508 e. The predicted octanol–water partition coefficient (Wildman–Crippen LogP) is 2.20. The lowest BCUT2D eigenvalue weighted by molar-refractivity contribution is 0.475. The Kier molecular flexibility index (Phi) is 3.98. The third-order valence-electron chi connectivity index (χ3n) is 2.43. The Labute approximate surface area is 105 Å². The lowest BCUT2D eigenvalue weighted by Gasteiger charge is -2.00. The number of aryl methyl sites for hydroxylation is 1. The molecule has 4 nitrogen and oxygen atoms in total. The van der Waals surface area contributed by atoms with Gasteiger partial charge in [-0.25, -0.2) is 4.68 Å². The van der Waals surface area contributed by atoms with E-state index >= 15 is 0 Å². The fourth-order valence-corrected chi connectivity index (χ4v) is 1.70. The molecule has 0 saturated carbocycles. The molecule has 1 heterocycles. The Morgan fingerprint density at radius 2 is 2.00 bits per heavy atom. The molecule has 5 heteroatoms. The zero-order chi connectivity index (χ0) is 12.1. The molecule has 1 aromatic heterocycles. The van der Waals surface area contributed by atoms with Crippen LogP contribution in [0.25, 0.3) is 0 Å². The molecule has 0 atom stereocenters. The van der Waals surface area contributed by atoms with Gasteiger partial charge in [-0.3, -0.25) is 0 Å². The molecule has 1 aromatic carbocycles. The average molecular weight is 252 g/mol. The van der Waals surface area contributed by atoms with Crippen molar-refractivity contribution in [3.8, 4) is 5.75 Å². The Morgan fingerprint density at radius 1 is 1.24 bits per heavy atom. The summed E-state index contributed by atoms with van der Waals surface area (Å²) in [4.78, 5) is 0. The number of hydrogen-bond donors (Lipinski definition) is 1. The summed E-state index contributed by atoms with van der Waals surface area (Å²) in [6.45, 7) is 0.661. The SMILES string of the molecule is Oc1ccc(Cn2cc(CCCCl)nn2)cc1. The van der Waals surface area contributed by atoms with Crippen molar-refractivity contribution in [2.75, 3.05) is 5.88 Å². The van der Waals surface area contributed by atoms with Crippen molar-refractivity contribution < 1.29 is 5.11 Å². The Hall–Kier alpha value is -1.55. The van der Waals surface area contributed by atoms with Gasteiger partial charge in [-0.2, -0.15) is 0 Å². The zero-order valence-electron chi connectivity index (χ0n) is 9.38. The number of benzene rings is 1. The smallest absolute Gasteiger partial charge is 0.115 e. The van der Waals surface area contributed by atoms with Gasteiger partial charge in [0.2, 0.25) is 0 Å². The minimum absolute atomic E-state index is 0.273. The van der Waals surface area contributed by atoms with E-state index in [-0.39, 0.29) is 5.75 Å². The van der Waals surface area contributed by atoms with Crippen LogP contribution in [0.4, 0.5) is 0 Å². The van der Waals surface area contributed by atoms with Gasteiger partial charge in [0, 0.05) is 12.1 Å². The van der Waals surface area contributed by atoms with Crippen molar-refractivity contribution in [2.45, 2.75) is 19.4 Å². The number of alkyl halides is 1. The first-order chi connectivity index (χ1) is 8.28. The summed E-state index contributed by atoms with van der Waals surface area (Å²) in [5.41, 5.74) is 2.04. The highest BCUT2D eigenvalue weighted by molar-refractivity contribution is 6.17. The first-order valence-corrected chi connectivity index (χ1v) is 6.04. The highest BCUT2D eigenvalue weighted by atomic mass is 35.5. The van der Waals surface area contributed by atoms with Gasteiger partial charge in [0.1, 0.15) is 5.75 Å². The number of aromatic nitrogens is 3. The molecule has 0 fully saturated rings. The van der Waals surface area contributed by atoms with Gasteiger partial charge in [-0.15, -0.1) is 16.7 Å². The van der Waals surface area contributed by atoms with Crippen molar-refractivity contribution in [3.05, 3.63) is 41.7 Å². The lowest BCUT2D eigenvalue weighted by atomic mass is 10.2. The quantitative estimate of drug-likeness (QED) is 0.829. The van der Waals surface area contributed by atoms with E-state index in [2.05, 4.69) is 10.3 Å². The van der Waals surface area contributed by atoms with Gasteiger partial charge in [0.15, 0.2) is 0 Å². The van der Waals surface area contributed by atoms with Crippen LogP contribution in [0.3, 0.4) is 0 Å². The van der Waals surface area contributed by atoms with Crippen molar-refractivity contribution in [1.29, 1.82) is 0 Å². The summed E-state index contributed by atoms with van der Waals surface area (Å²) < 4.78 is 1.79. The molecule has 0 unspecified atom stereocenters. The molecule has 0 saturated heterocycles. The van der Waals surface area contributed by atoms with Crippen LogP contribution in [0.5, 0.6) is 5.75 Å². The molecule has 17 heavy (non-hydrogen) atoms. The summed E-state index contributed by atoms with van der Waals surface area (Å²) in [5.74, 6) is 0.917. The molecule has 0 bridgehead atoms. The molecule has 0 aliphatic carbocycles. The molecule has 0 radical (unpaired) electrons. The van der Waals surface area contributed by atoms with Crippen LogP contribution in [0, 0.1) is 0 Å². The van der Waals surface area contributed by atoms with Gasteiger partial charge in [-0.1, -0.05) is 17.3 Å². The summed E-state index contributed by atoms with van der Waals surface area (Å²) in [6, 6.07) is 7.08. The Morgan fingerprint density at radius 3 is 2.71 bits per heavy atom. The highest BCUT2D eigenvalue weighted by Gasteiger charge is 2.01. The highest BCUT2D eigenvalue weighted by Crippen LogP contribution is 2.10. The minimum atomic E-state index is 0.273. The summed E-state index contributed by atoms with van der Waals surface area (Å²) in [7, 11) is 0. The average Bonchev–Trinajstić information content (AvgIpc) is 2.77. The van der Waals surface area contributed by atoms with E-state index in [0.29, 0.717) is 12.4 Å². The van der Waals surface area contributed by atoms with E-state index in [1.165, 1.54) is 0 Å². The molecular formula is C12H14ClN3O. The molecule has 2 aromatic rings. The largest absolute Gasteiger partial charge is 0.508 e. The maximum Gasteiger partial charge on any atom is 0.115 e. The maximum atomic E-state index is 9.18. The Bertz CT molecular complexity index is 467. The second-order valence-electron chi connectivity index (χ2n) is 3.87. The molecule has 1 N–H and O–H groups in total. The third kappa shape index (κ3) is 3.46. The summed E-state index contributed by atoms with van der Waals surface area (Å²) in [5, 5.41) is 17.3. The van der Waals surface area contributed by atoms with Crippen LogP contribution in [0.2, 0.25) is 0 Å². The number of rotatable bonds is 5. The number of phenolic OH excluding ortho intramolecular Hbond substituents is 1. The van der Waals surface area contributed by atoms with Gasteiger partial charge in [-0.05, 0) is 30.5 Å². The summed E-state index contributed by atoms with van der Waals surface area (Å²) >= 11 is 5.62. The lowest BCUT2D eigenvalue weighted by Crippen LogP contribution is -1.99. The molecule has 0 amide bonds. The van der Waals surface area contributed by atoms with Crippen LogP contribution in [0.15, 0.2) is 30.5 Å². The fourth-order valence-electron chi connectivity index (χ4n) is 1.57. The number of phenols is 1. The van der Waals surface area contributed by atoms with E-state index in [0.717, 1.165) is 24.1 Å². The van der Waals surface area contributed by atoms with Crippen LogP contribution in [-0.2, 0) is 13.0 Å². The van der Waals surface area contributed by atoms with Gasteiger partial charge >= 0.3 is 0 Å². The van der Waals surface area contributed by atoms with Gasteiger partial charge < -0.3 is 5.11 Å². The molecule has 0 aliphatic heterocycles. The topological polar surface area (TPSA) is 50.9 Å². The summed E-state index contributed by atoms with van der Waals surface area (Å²) in [6.07, 6.45) is 3.71. The predicted molar refractivity (Wildman–Crippen MR) is 66.3 cm³/mol. The number of aromatic hydroxyl groups is 1. The monoisotopic (exact) mass is 251 g/mol. The first-order valence-electron chi connectivity index (χ1n) is 5.51. The second-order valence-corrected chi connectivity index (χ2v) is 4.24. The number of hydrogen-bond acceptors (Lipinski definition) is 3. The molecule has 0 spiro atoms. The van der Waals surface area contributed by atoms with E-state index in [1.807, 2.05) is 18.3 Å². The van der Waals surface area contributed by atoms with Crippen LogP contribution >= 0.6 is 11.6 Å². The third-order valence-corrected chi connectivity index (χ3v) is 2.70. The van der Waals surface area contributed by atoms with E-state index < -0.39 is 0 Å². The number of halogens is 1. The van der Waals surface area contributed by atoms with Crippen LogP contribution in [0.1, 0.15) is 17.7 Å². The molecule has 90 valence electrons. The van der Waals surface area contributed by atoms with E-state index in [4.69, 9.17) is 11.6 Å². The van der Waals surface area contributed by atoms with Crippen molar-refractivity contribution in [1.82, 2.24) is 15.0 Å². The second kappa shape index (κ2) is 5.68. The molecule has 0 aliphatic rings. The standard InChI is InChI=1S/C12H14ClN3O/c13-7-1-2-11-9-16(15-14-11)8-10-3-5-12(17)6-4-10/h3-6,9,17H,1-2,7-8H2. The first kappa shape index (κ1) is 11.9. The molecular weight excluding hydrogens is 238 g/mol. The van der Waals surface area contributed by atoms with Gasteiger partial charge in [0.05, 0.1) is 12.2 Å². The van der Waals surface area contributed by atoms with E-state index in [9.17, 15) is 5.11 Å². The van der Waals surface area contributed by atoms with Crippen molar-refractivity contribution in [3.63, 3.8) is 0 Å². The van der Waals surface area contributed by atoms with Crippen molar-refractivity contribution in [2.24, 2.45) is 0 Å². The number of nitrogens with zero attached hydrogens (tertiary/aromatic N) is 3. The van der Waals surface area contributed by atoms with E-state index in [1.54, 1.807) is 16.8 Å². The van der Waals surface area contributed by atoms with Crippen LogP contribution < -0.4 is 0 Å². The van der Waals surface area contributed by atoms with Crippen molar-refractivity contribution >= 4 is 11.6 Å². The van der Waals surface area contributed by atoms with Gasteiger partial charge in [0.25, 0.3) is 0 Å².